The van der Waals surface area contributed by atoms with E-state index in [4.69, 9.17) is 4.74 Å². The number of rotatable bonds is 3. The molecule has 1 aliphatic rings. The van der Waals surface area contributed by atoms with Gasteiger partial charge < -0.3 is 9.72 Å². The minimum atomic E-state index is -3.53. The molecule has 7 heteroatoms. The summed E-state index contributed by atoms with van der Waals surface area (Å²) in [4.78, 5) is 10.8. The van der Waals surface area contributed by atoms with E-state index in [0.717, 1.165) is 0 Å². The number of nitrogens with zero attached hydrogens (tertiary/aromatic N) is 2. The Bertz CT molecular complexity index is 685. The van der Waals surface area contributed by atoms with Gasteiger partial charge in [0, 0.05) is 0 Å². The number of H-pyrrole nitrogens is 1. The van der Waals surface area contributed by atoms with Gasteiger partial charge in [0.15, 0.2) is 5.90 Å². The Morgan fingerprint density at radius 1 is 1.33 bits per heavy atom. The van der Waals surface area contributed by atoms with Gasteiger partial charge in [-0.05, 0) is 12.1 Å². The van der Waals surface area contributed by atoms with Crippen LogP contribution in [0.25, 0.3) is 11.0 Å². The van der Waals surface area contributed by atoms with E-state index in [1.165, 1.54) is 0 Å². The first kappa shape index (κ1) is 11.2. The third kappa shape index (κ3) is 1.97. The van der Waals surface area contributed by atoms with Crippen LogP contribution in [0.5, 0.6) is 0 Å². The Labute approximate surface area is 104 Å². The van der Waals surface area contributed by atoms with Crippen LogP contribution in [0.1, 0.15) is 0 Å². The summed E-state index contributed by atoms with van der Waals surface area (Å²) in [6, 6.07) is 7.17. The van der Waals surface area contributed by atoms with Crippen LogP contribution in [0.15, 0.2) is 34.4 Å². The molecule has 0 amide bonds. The van der Waals surface area contributed by atoms with Gasteiger partial charge in [-0.2, -0.15) is 0 Å². The fraction of sp³-hybridized carbons (Fsp3) is 0.273. The molecular formula is C11H11N3O3S. The number of hydrogen-bond acceptors (Lipinski definition) is 5. The van der Waals surface area contributed by atoms with Crippen molar-refractivity contribution in [3.8, 4) is 0 Å². The van der Waals surface area contributed by atoms with Gasteiger partial charge in [0.25, 0.3) is 0 Å². The van der Waals surface area contributed by atoms with Gasteiger partial charge in [-0.1, -0.05) is 12.1 Å². The van der Waals surface area contributed by atoms with Crippen LogP contribution in [0, 0.1) is 0 Å². The van der Waals surface area contributed by atoms with Crippen molar-refractivity contribution in [2.75, 3.05) is 18.9 Å². The van der Waals surface area contributed by atoms with Gasteiger partial charge in [0.1, 0.15) is 12.4 Å². The summed E-state index contributed by atoms with van der Waals surface area (Å²) in [5, 5.41) is -0.0399. The number of ether oxygens (including phenoxy) is 1. The summed E-state index contributed by atoms with van der Waals surface area (Å²) in [6.07, 6.45) is 0. The molecule has 0 spiro atoms. The molecule has 1 N–H and O–H groups in total. The molecule has 0 fully saturated rings. The Hall–Kier alpha value is -1.89. The van der Waals surface area contributed by atoms with Crippen molar-refractivity contribution in [3.63, 3.8) is 0 Å². The summed E-state index contributed by atoms with van der Waals surface area (Å²) >= 11 is 0. The number of benzene rings is 1. The summed E-state index contributed by atoms with van der Waals surface area (Å²) in [5.41, 5.74) is 1.33. The van der Waals surface area contributed by atoms with E-state index in [1.807, 2.05) is 12.1 Å². The summed E-state index contributed by atoms with van der Waals surface area (Å²) < 4.78 is 29.3. The number of nitrogens with one attached hydrogen (secondary N) is 1. The second kappa shape index (κ2) is 4.09. The lowest BCUT2D eigenvalue weighted by Gasteiger charge is -2.00. The fourth-order valence-electron chi connectivity index (χ4n) is 1.77. The van der Waals surface area contributed by atoms with E-state index in [9.17, 15) is 8.42 Å². The molecule has 6 nitrogen and oxygen atoms in total. The third-order valence-corrected chi connectivity index (χ3v) is 4.03. The molecule has 0 unspecified atom stereocenters. The van der Waals surface area contributed by atoms with Crippen LogP contribution in [-0.2, 0) is 14.6 Å². The van der Waals surface area contributed by atoms with E-state index in [2.05, 4.69) is 15.0 Å². The lowest BCUT2D eigenvalue weighted by Crippen LogP contribution is -2.17. The van der Waals surface area contributed by atoms with E-state index >= 15 is 0 Å². The number of aliphatic imine (C=N–C) groups is 1. The quantitative estimate of drug-likeness (QED) is 0.888. The van der Waals surface area contributed by atoms with Gasteiger partial charge in [-0.15, -0.1) is 0 Å². The monoisotopic (exact) mass is 265 g/mol. The molecule has 1 aromatic heterocycles. The lowest BCUT2D eigenvalue weighted by atomic mass is 10.3. The van der Waals surface area contributed by atoms with Crippen molar-refractivity contribution in [1.29, 1.82) is 0 Å². The second-order valence-corrected chi connectivity index (χ2v) is 5.85. The molecule has 1 aromatic carbocycles. The van der Waals surface area contributed by atoms with Crippen molar-refractivity contribution < 1.29 is 13.2 Å². The SMILES string of the molecule is O=S(=O)(CC1=NCCO1)c1nc2ccccc2[nH]1. The number of imidazole rings is 1. The van der Waals surface area contributed by atoms with E-state index in [1.54, 1.807) is 12.1 Å². The van der Waals surface area contributed by atoms with Crippen LogP contribution in [0.2, 0.25) is 0 Å². The van der Waals surface area contributed by atoms with Crippen LogP contribution < -0.4 is 0 Å². The molecule has 0 bridgehead atoms. The van der Waals surface area contributed by atoms with Gasteiger partial charge in [0.05, 0.1) is 17.6 Å². The van der Waals surface area contributed by atoms with E-state index < -0.39 is 9.84 Å². The zero-order valence-corrected chi connectivity index (χ0v) is 10.3. The maximum Gasteiger partial charge on any atom is 0.226 e. The topological polar surface area (TPSA) is 84.4 Å². The number of hydrogen-bond donors (Lipinski definition) is 1. The summed E-state index contributed by atoms with van der Waals surface area (Å²) in [6.45, 7) is 0.968. The highest BCUT2D eigenvalue weighted by Crippen LogP contribution is 2.15. The lowest BCUT2D eigenvalue weighted by molar-refractivity contribution is 0.345. The minimum absolute atomic E-state index is 0.0399. The van der Waals surface area contributed by atoms with Gasteiger partial charge >= 0.3 is 0 Å². The van der Waals surface area contributed by atoms with Crippen molar-refractivity contribution in [2.45, 2.75) is 5.16 Å². The predicted octanol–water partition coefficient (Wildman–Crippen LogP) is 0.765. The average Bonchev–Trinajstić information content (AvgIpc) is 2.96. The highest BCUT2D eigenvalue weighted by Gasteiger charge is 2.24. The largest absolute Gasteiger partial charge is 0.478 e. The van der Waals surface area contributed by atoms with Crippen LogP contribution >= 0.6 is 0 Å². The molecule has 3 rings (SSSR count). The highest BCUT2D eigenvalue weighted by atomic mass is 32.2. The predicted molar refractivity (Wildman–Crippen MR) is 66.4 cm³/mol. The molecule has 2 heterocycles. The zero-order valence-electron chi connectivity index (χ0n) is 9.46. The minimum Gasteiger partial charge on any atom is -0.478 e. The van der Waals surface area contributed by atoms with E-state index in [0.29, 0.717) is 24.2 Å². The first-order chi connectivity index (χ1) is 8.65. The first-order valence-corrected chi connectivity index (χ1v) is 7.14. The maximum atomic E-state index is 12.1. The normalized spacial score (nSPS) is 15.7. The van der Waals surface area contributed by atoms with Crippen molar-refractivity contribution >= 4 is 26.8 Å². The van der Waals surface area contributed by atoms with Gasteiger partial charge in [0.2, 0.25) is 15.0 Å². The smallest absolute Gasteiger partial charge is 0.226 e. The second-order valence-electron chi connectivity index (χ2n) is 3.94. The van der Waals surface area contributed by atoms with Gasteiger partial charge in [-0.25, -0.2) is 13.4 Å². The van der Waals surface area contributed by atoms with E-state index in [-0.39, 0.29) is 16.8 Å². The Kier molecular flexibility index (Phi) is 2.55. The number of aromatic amines is 1. The third-order valence-electron chi connectivity index (χ3n) is 2.62. The fourth-order valence-corrected chi connectivity index (χ4v) is 2.91. The average molecular weight is 265 g/mol. The molecule has 1 aliphatic heterocycles. The maximum absolute atomic E-state index is 12.1. The Balaban J connectivity index is 1.97. The number of fused-ring (bicyclic) bond motifs is 1. The zero-order chi connectivity index (χ0) is 12.6. The molecule has 0 saturated carbocycles. The summed E-state index contributed by atoms with van der Waals surface area (Å²) in [7, 11) is -3.53. The molecule has 0 atom stereocenters. The van der Waals surface area contributed by atoms with Crippen LogP contribution in [0.4, 0.5) is 0 Å². The van der Waals surface area contributed by atoms with Crippen molar-refractivity contribution in [3.05, 3.63) is 24.3 Å². The molecule has 18 heavy (non-hydrogen) atoms. The molecule has 2 aromatic rings. The Morgan fingerprint density at radius 2 is 2.17 bits per heavy atom. The summed E-state index contributed by atoms with van der Waals surface area (Å²) in [5.74, 6) is 0.0164. The van der Waals surface area contributed by atoms with Crippen LogP contribution in [0.3, 0.4) is 0 Å². The highest BCUT2D eigenvalue weighted by molar-refractivity contribution is 7.91. The number of sulfone groups is 1. The first-order valence-electron chi connectivity index (χ1n) is 5.49. The number of aromatic nitrogens is 2. The van der Waals surface area contributed by atoms with Crippen molar-refractivity contribution in [1.82, 2.24) is 9.97 Å². The molecular weight excluding hydrogens is 254 g/mol. The molecule has 0 saturated heterocycles. The van der Waals surface area contributed by atoms with Crippen molar-refractivity contribution in [2.24, 2.45) is 4.99 Å². The molecule has 0 radical (unpaired) electrons. The molecule has 94 valence electrons. The van der Waals surface area contributed by atoms with Gasteiger partial charge in [-0.3, -0.25) is 4.99 Å². The Morgan fingerprint density at radius 3 is 2.89 bits per heavy atom. The number of para-hydroxylation sites is 2. The van der Waals surface area contributed by atoms with Crippen LogP contribution in [-0.4, -0.2) is 43.2 Å². The molecule has 0 aliphatic carbocycles. The standard InChI is InChI=1S/C11H11N3O3S/c15-18(16,7-10-12-5-6-17-10)11-13-8-3-1-2-4-9(8)14-11/h1-4H,5-7H2,(H,13,14).